The van der Waals surface area contributed by atoms with E-state index in [0.29, 0.717) is 46.8 Å². The summed E-state index contributed by atoms with van der Waals surface area (Å²) in [6.07, 6.45) is 9.38. The number of amides is 3. The summed E-state index contributed by atoms with van der Waals surface area (Å²) in [5.41, 5.74) is 1.40. The lowest BCUT2D eigenvalue weighted by molar-refractivity contribution is -0.150. The molecule has 5 aromatic rings. The number of carbonyl (C=O) groups is 4. The molecule has 14 nitrogen and oxygen atoms in total. The van der Waals surface area contributed by atoms with Crippen LogP contribution in [-0.2, 0) is 19.1 Å². The normalized spacial score (nSPS) is 20.3. The number of allylic oxidation sites excluding steroid dienone is 1. The van der Waals surface area contributed by atoms with Crippen molar-refractivity contribution in [3.63, 3.8) is 0 Å². The van der Waals surface area contributed by atoms with Crippen LogP contribution in [0, 0.1) is 12.8 Å². The molecule has 0 radical (unpaired) electrons. The summed E-state index contributed by atoms with van der Waals surface area (Å²) in [6.45, 7) is 11.2. The van der Waals surface area contributed by atoms with Crippen LogP contribution in [0.2, 0.25) is 0 Å². The van der Waals surface area contributed by atoms with Gasteiger partial charge in [0.25, 0.3) is 5.91 Å². The molecule has 58 heavy (non-hydrogen) atoms. The highest BCUT2D eigenvalue weighted by Crippen LogP contribution is 2.46. The molecule has 4 heterocycles. The molecule has 1 saturated carbocycles. The number of fused-ring (bicyclic) bond motifs is 2. The molecular weight excluding hydrogens is 757 g/mol. The van der Waals surface area contributed by atoms with Crippen molar-refractivity contribution in [1.82, 2.24) is 40.5 Å². The number of hydrogen-bond donors (Lipinski definition) is 2. The first-order chi connectivity index (χ1) is 28.1. The summed E-state index contributed by atoms with van der Waals surface area (Å²) < 4.78 is 13.0. The Hall–Kier alpha value is -6.09. The fourth-order valence-corrected chi connectivity index (χ4v) is 8.25. The van der Waals surface area contributed by atoms with Crippen molar-refractivity contribution >= 4 is 56.3 Å². The zero-order valence-corrected chi connectivity index (χ0v) is 33.4. The number of carbonyl (C=O) groups excluding carboxylic acids is 4. The Bertz CT molecular complexity index is 2320. The topological polar surface area (TPSA) is 178 Å². The summed E-state index contributed by atoms with van der Waals surface area (Å²) in [5.74, 6) is -1.72. The molecule has 1 aliphatic carbocycles. The quantitative estimate of drug-likeness (QED) is 0.0649. The number of likely N-dealkylation sites (tertiary alicyclic amines) is 1. The molecule has 7 rings (SSSR count). The third-order valence-corrected chi connectivity index (χ3v) is 11.5. The SMILES string of the molecule is C=CCCCCC[C@H](NC(=O)c1cnc(C)nc1)C(=O)N1C[C@H](Oc2nc3ccccc3nc2-c2nc3ccccc3s2)C[C@H]1C(=O)N[C@]1(C(=O)OCC)C[C@H]1C=C. The Kier molecular flexibility index (Phi) is 12.2. The number of aromatic nitrogens is 5. The van der Waals surface area contributed by atoms with Gasteiger partial charge in [-0.1, -0.05) is 49.3 Å². The van der Waals surface area contributed by atoms with E-state index in [1.54, 1.807) is 19.9 Å². The van der Waals surface area contributed by atoms with Crippen LogP contribution in [0.5, 0.6) is 5.88 Å². The zero-order valence-electron chi connectivity index (χ0n) is 32.6. The van der Waals surface area contributed by atoms with E-state index < -0.39 is 47.4 Å². The molecule has 2 aliphatic rings. The Morgan fingerprint density at radius 3 is 2.40 bits per heavy atom. The largest absolute Gasteiger partial charge is 0.471 e. The van der Waals surface area contributed by atoms with Crippen LogP contribution in [0.25, 0.3) is 32.0 Å². The highest BCUT2D eigenvalue weighted by molar-refractivity contribution is 7.21. The number of para-hydroxylation sites is 3. The number of nitrogens with one attached hydrogen (secondary N) is 2. The standard InChI is InChI=1S/C43H46N8O6S/c1-5-8-9-10-11-19-33(47-37(52)27-23-44-26(4)45-24-27)41(54)51-25-29(21-34(51)38(53)50-43(22-28(43)6-2)42(55)56-7-3)57-39-36(46-30-16-12-13-17-31(30)48-39)40-49-32-18-14-15-20-35(32)58-40/h5-6,12-18,20,23-24,28-29,33-34H,1-2,7-11,19,21-22,25H2,3-4H3,(H,47,52)(H,50,53)/t28-,29-,33+,34+,43-/m1/s1. The molecule has 3 amide bonds. The highest BCUT2D eigenvalue weighted by atomic mass is 32.1. The second-order valence-electron chi connectivity index (χ2n) is 14.5. The minimum Gasteiger partial charge on any atom is -0.471 e. The van der Waals surface area contributed by atoms with Gasteiger partial charge in [0.15, 0.2) is 5.69 Å². The smallest absolute Gasteiger partial charge is 0.332 e. The third kappa shape index (κ3) is 8.59. The molecule has 3 aromatic heterocycles. The number of rotatable bonds is 17. The molecule has 5 atom stereocenters. The van der Waals surface area contributed by atoms with Crippen LogP contribution in [0.1, 0.15) is 68.1 Å². The van der Waals surface area contributed by atoms with Crippen LogP contribution >= 0.6 is 11.3 Å². The average Bonchev–Trinajstić information content (AvgIpc) is 3.53. The minimum atomic E-state index is -1.30. The van der Waals surface area contributed by atoms with E-state index in [1.165, 1.54) is 28.6 Å². The Morgan fingerprint density at radius 2 is 1.71 bits per heavy atom. The zero-order chi connectivity index (χ0) is 40.8. The van der Waals surface area contributed by atoms with E-state index in [0.717, 1.165) is 29.5 Å². The average molecular weight is 803 g/mol. The van der Waals surface area contributed by atoms with E-state index >= 15 is 0 Å². The third-order valence-electron chi connectivity index (χ3n) is 10.5. The van der Waals surface area contributed by atoms with Crippen molar-refractivity contribution in [1.29, 1.82) is 0 Å². The molecule has 2 N–H and O–H groups in total. The van der Waals surface area contributed by atoms with Crippen LogP contribution < -0.4 is 15.4 Å². The Labute approximate surface area is 340 Å². The summed E-state index contributed by atoms with van der Waals surface area (Å²) in [6, 6.07) is 13.1. The first-order valence-corrected chi connectivity index (χ1v) is 20.4. The number of thiazole rings is 1. The summed E-state index contributed by atoms with van der Waals surface area (Å²) >= 11 is 1.46. The maximum Gasteiger partial charge on any atom is 0.332 e. The minimum absolute atomic E-state index is 0.0154. The van der Waals surface area contributed by atoms with Gasteiger partial charge < -0.3 is 25.0 Å². The van der Waals surface area contributed by atoms with E-state index in [2.05, 4.69) is 33.8 Å². The molecule has 1 saturated heterocycles. The number of aryl methyl sites for hydroxylation is 1. The monoisotopic (exact) mass is 802 g/mol. The predicted molar refractivity (Wildman–Crippen MR) is 220 cm³/mol. The predicted octanol–water partition coefficient (Wildman–Crippen LogP) is 5.91. The van der Waals surface area contributed by atoms with Crippen molar-refractivity contribution < 1.29 is 28.7 Å². The maximum atomic E-state index is 14.8. The molecule has 300 valence electrons. The van der Waals surface area contributed by atoms with Gasteiger partial charge in [0.2, 0.25) is 17.7 Å². The van der Waals surface area contributed by atoms with Gasteiger partial charge in [-0.15, -0.1) is 24.5 Å². The van der Waals surface area contributed by atoms with Gasteiger partial charge in [0.1, 0.15) is 34.6 Å². The van der Waals surface area contributed by atoms with E-state index in [1.807, 2.05) is 54.6 Å². The van der Waals surface area contributed by atoms with Gasteiger partial charge in [-0.25, -0.2) is 29.7 Å². The van der Waals surface area contributed by atoms with Gasteiger partial charge in [-0.2, -0.15) is 0 Å². The van der Waals surface area contributed by atoms with Crippen molar-refractivity contribution in [2.75, 3.05) is 13.2 Å². The van der Waals surface area contributed by atoms with Gasteiger partial charge in [-0.05, 0) is 63.8 Å². The van der Waals surface area contributed by atoms with Gasteiger partial charge >= 0.3 is 5.97 Å². The van der Waals surface area contributed by atoms with E-state index in [9.17, 15) is 19.2 Å². The lowest BCUT2D eigenvalue weighted by Crippen LogP contribution is -2.56. The van der Waals surface area contributed by atoms with Crippen LogP contribution in [-0.4, -0.2) is 90.4 Å². The fraction of sp³-hybridized carbons (Fsp3) is 0.372. The molecule has 2 aromatic carbocycles. The molecule has 0 bridgehead atoms. The lowest BCUT2D eigenvalue weighted by atomic mass is 10.0. The number of nitrogens with zero attached hydrogens (tertiary/aromatic N) is 6. The number of benzene rings is 2. The summed E-state index contributed by atoms with van der Waals surface area (Å²) in [5, 5.41) is 6.44. The second kappa shape index (κ2) is 17.6. The van der Waals surface area contributed by atoms with Gasteiger partial charge in [0, 0.05) is 24.7 Å². The molecule has 2 fully saturated rings. The van der Waals surface area contributed by atoms with E-state index in [4.69, 9.17) is 24.4 Å². The highest BCUT2D eigenvalue weighted by Gasteiger charge is 2.62. The molecule has 0 unspecified atom stereocenters. The Morgan fingerprint density at radius 1 is 0.983 bits per heavy atom. The van der Waals surface area contributed by atoms with Crippen LogP contribution in [0.4, 0.5) is 0 Å². The molecule has 15 heteroatoms. The van der Waals surface area contributed by atoms with Crippen molar-refractivity contribution in [2.45, 2.75) is 82.5 Å². The first kappa shape index (κ1) is 40.1. The fourth-order valence-electron chi connectivity index (χ4n) is 7.30. The molecular formula is C43H46N8O6S. The van der Waals surface area contributed by atoms with Crippen molar-refractivity contribution in [3.05, 3.63) is 97.6 Å². The second-order valence-corrected chi connectivity index (χ2v) is 15.6. The van der Waals surface area contributed by atoms with Crippen LogP contribution in [0.3, 0.4) is 0 Å². The molecule has 1 aliphatic heterocycles. The lowest BCUT2D eigenvalue weighted by Gasteiger charge is -2.29. The molecule has 0 spiro atoms. The van der Waals surface area contributed by atoms with Gasteiger partial charge in [0.05, 0.1) is 40.0 Å². The van der Waals surface area contributed by atoms with Crippen molar-refractivity contribution in [3.8, 4) is 16.6 Å². The summed E-state index contributed by atoms with van der Waals surface area (Å²) in [4.78, 5) is 80.3. The maximum absolute atomic E-state index is 14.8. The number of hydrogen-bond acceptors (Lipinski definition) is 12. The van der Waals surface area contributed by atoms with Crippen molar-refractivity contribution in [2.24, 2.45) is 5.92 Å². The summed E-state index contributed by atoms with van der Waals surface area (Å²) in [7, 11) is 0. The Balaban J connectivity index is 1.22. The van der Waals surface area contributed by atoms with Gasteiger partial charge in [-0.3, -0.25) is 14.4 Å². The first-order valence-electron chi connectivity index (χ1n) is 19.6. The van der Waals surface area contributed by atoms with Crippen LogP contribution in [0.15, 0.2) is 86.2 Å². The number of esters is 1. The number of unbranched alkanes of at least 4 members (excludes halogenated alkanes) is 3. The number of ether oxygens (including phenoxy) is 2. The van der Waals surface area contributed by atoms with E-state index in [-0.39, 0.29) is 36.9 Å².